The van der Waals surface area contributed by atoms with Crippen molar-refractivity contribution >= 4 is 0 Å². The number of rotatable bonds is 4. The fourth-order valence-electron chi connectivity index (χ4n) is 2.63. The third kappa shape index (κ3) is 3.34. The number of benzene rings is 1. The first kappa shape index (κ1) is 11.7. The van der Waals surface area contributed by atoms with E-state index in [0.717, 1.165) is 18.5 Å². The van der Waals surface area contributed by atoms with Gasteiger partial charge in [0.1, 0.15) is 0 Å². The maximum Gasteiger partial charge on any atom is 0.0208 e. The van der Waals surface area contributed by atoms with E-state index in [9.17, 15) is 0 Å². The topological polar surface area (TPSA) is 12.0 Å². The zero-order valence-corrected chi connectivity index (χ0v) is 10.3. The lowest BCUT2D eigenvalue weighted by atomic mass is 9.84. The largest absolute Gasteiger partial charge is 0.310 e. The number of nitrogens with one attached hydrogen (secondary N) is 1. The molecule has 0 aliphatic heterocycles. The summed E-state index contributed by atoms with van der Waals surface area (Å²) in [6, 6.07) is 11.5. The van der Waals surface area contributed by atoms with Crippen molar-refractivity contribution in [2.45, 2.75) is 51.6 Å². The fraction of sp³-hybridized carbons (Fsp3) is 0.600. The highest BCUT2D eigenvalue weighted by atomic mass is 14.9. The lowest BCUT2D eigenvalue weighted by Gasteiger charge is -2.28. The Morgan fingerprint density at radius 3 is 2.38 bits per heavy atom. The summed E-state index contributed by atoms with van der Waals surface area (Å²) in [7, 11) is 0. The molecule has 1 heteroatoms. The summed E-state index contributed by atoms with van der Waals surface area (Å²) in [6.45, 7) is 3.35. The van der Waals surface area contributed by atoms with Gasteiger partial charge in [0, 0.05) is 12.6 Å². The molecular weight excluding hydrogens is 194 g/mol. The van der Waals surface area contributed by atoms with Crippen molar-refractivity contribution in [2.24, 2.45) is 5.92 Å². The van der Waals surface area contributed by atoms with Crippen LogP contribution in [-0.2, 0) is 6.54 Å². The molecule has 1 aliphatic rings. The molecule has 2 rings (SSSR count). The Hall–Kier alpha value is -0.820. The second-order valence-corrected chi connectivity index (χ2v) is 4.99. The molecule has 1 aromatic rings. The number of hydrogen-bond donors (Lipinski definition) is 1. The van der Waals surface area contributed by atoms with Crippen LogP contribution in [0.3, 0.4) is 0 Å². The summed E-state index contributed by atoms with van der Waals surface area (Å²) < 4.78 is 0. The number of hydrogen-bond acceptors (Lipinski definition) is 1. The lowest BCUT2D eigenvalue weighted by molar-refractivity contribution is 0.285. The smallest absolute Gasteiger partial charge is 0.0208 e. The van der Waals surface area contributed by atoms with Gasteiger partial charge in [-0.05, 0) is 37.2 Å². The van der Waals surface area contributed by atoms with Crippen molar-refractivity contribution in [3.8, 4) is 0 Å². The summed E-state index contributed by atoms with van der Waals surface area (Å²) in [5.41, 5.74) is 1.40. The normalized spacial score (nSPS) is 25.6. The minimum atomic E-state index is 0.753. The molecule has 0 bridgehead atoms. The molecule has 0 spiro atoms. The Morgan fingerprint density at radius 1 is 1.06 bits per heavy atom. The van der Waals surface area contributed by atoms with Crippen LogP contribution in [0.25, 0.3) is 0 Å². The molecular formula is C15H23N. The molecule has 0 atom stereocenters. The quantitative estimate of drug-likeness (QED) is 0.810. The fourth-order valence-corrected chi connectivity index (χ4v) is 2.63. The molecule has 0 unspecified atom stereocenters. The minimum absolute atomic E-state index is 0.753. The van der Waals surface area contributed by atoms with E-state index in [-0.39, 0.29) is 0 Å². The standard InChI is InChI=1S/C15H23N/c1-2-13-8-10-15(11-9-13)16-12-14-6-4-3-5-7-14/h3-7,13,15-16H,2,8-12H2,1H3. The molecule has 0 amide bonds. The first-order valence-electron chi connectivity index (χ1n) is 6.65. The molecule has 0 aromatic heterocycles. The van der Waals surface area contributed by atoms with Crippen LogP contribution in [0.15, 0.2) is 30.3 Å². The van der Waals surface area contributed by atoms with E-state index >= 15 is 0 Å². The Labute approximate surface area is 99.3 Å². The monoisotopic (exact) mass is 217 g/mol. The van der Waals surface area contributed by atoms with Gasteiger partial charge in [-0.3, -0.25) is 0 Å². The molecule has 1 aromatic carbocycles. The van der Waals surface area contributed by atoms with Crippen LogP contribution in [0, 0.1) is 5.92 Å². The van der Waals surface area contributed by atoms with Crippen LogP contribution in [0.2, 0.25) is 0 Å². The summed E-state index contributed by atoms with van der Waals surface area (Å²) in [6.07, 6.45) is 6.94. The van der Waals surface area contributed by atoms with Crippen LogP contribution >= 0.6 is 0 Å². The van der Waals surface area contributed by atoms with Gasteiger partial charge in [0.05, 0.1) is 0 Å². The van der Waals surface area contributed by atoms with Crippen molar-refractivity contribution in [1.29, 1.82) is 0 Å². The Bertz CT molecular complexity index is 286. The van der Waals surface area contributed by atoms with Crippen LogP contribution in [0.5, 0.6) is 0 Å². The van der Waals surface area contributed by atoms with E-state index in [4.69, 9.17) is 0 Å². The molecule has 0 saturated heterocycles. The van der Waals surface area contributed by atoms with Gasteiger partial charge in [-0.1, -0.05) is 43.7 Å². The van der Waals surface area contributed by atoms with Gasteiger partial charge in [-0.15, -0.1) is 0 Å². The van der Waals surface area contributed by atoms with E-state index in [1.807, 2.05) is 0 Å². The average Bonchev–Trinajstić information content (AvgIpc) is 2.38. The van der Waals surface area contributed by atoms with Gasteiger partial charge in [-0.2, -0.15) is 0 Å². The third-order valence-corrected chi connectivity index (χ3v) is 3.86. The highest BCUT2D eigenvalue weighted by Gasteiger charge is 2.18. The SMILES string of the molecule is CCC1CCC(NCc2ccccc2)CC1. The summed E-state index contributed by atoms with van der Waals surface area (Å²) in [5, 5.41) is 3.68. The molecule has 0 heterocycles. The molecule has 16 heavy (non-hydrogen) atoms. The van der Waals surface area contributed by atoms with Crippen LogP contribution in [0.4, 0.5) is 0 Å². The zero-order valence-electron chi connectivity index (χ0n) is 10.3. The molecule has 1 aliphatic carbocycles. The Morgan fingerprint density at radius 2 is 1.75 bits per heavy atom. The van der Waals surface area contributed by atoms with Gasteiger partial charge >= 0.3 is 0 Å². The van der Waals surface area contributed by atoms with Crippen LogP contribution < -0.4 is 5.32 Å². The van der Waals surface area contributed by atoms with Gasteiger partial charge in [0.25, 0.3) is 0 Å². The van der Waals surface area contributed by atoms with Crippen molar-refractivity contribution in [3.05, 3.63) is 35.9 Å². The first-order chi connectivity index (χ1) is 7.88. The predicted octanol–water partition coefficient (Wildman–Crippen LogP) is 3.75. The van der Waals surface area contributed by atoms with Gasteiger partial charge < -0.3 is 5.32 Å². The molecule has 88 valence electrons. The second-order valence-electron chi connectivity index (χ2n) is 4.99. The van der Waals surface area contributed by atoms with Crippen molar-refractivity contribution in [3.63, 3.8) is 0 Å². The highest BCUT2D eigenvalue weighted by Crippen LogP contribution is 2.26. The molecule has 1 saturated carbocycles. The predicted molar refractivity (Wildman–Crippen MR) is 69.3 cm³/mol. The van der Waals surface area contributed by atoms with Gasteiger partial charge in [0.2, 0.25) is 0 Å². The lowest BCUT2D eigenvalue weighted by Crippen LogP contribution is -2.32. The summed E-state index contributed by atoms with van der Waals surface area (Å²) >= 11 is 0. The maximum absolute atomic E-state index is 3.68. The molecule has 0 radical (unpaired) electrons. The van der Waals surface area contributed by atoms with E-state index in [2.05, 4.69) is 42.6 Å². The van der Waals surface area contributed by atoms with E-state index in [0.29, 0.717) is 0 Å². The summed E-state index contributed by atoms with van der Waals surface area (Å²) in [5.74, 6) is 0.995. The second kappa shape index (κ2) is 6.05. The van der Waals surface area contributed by atoms with Crippen molar-refractivity contribution in [2.75, 3.05) is 0 Å². The van der Waals surface area contributed by atoms with Gasteiger partial charge in [-0.25, -0.2) is 0 Å². The average molecular weight is 217 g/mol. The van der Waals surface area contributed by atoms with E-state index in [1.54, 1.807) is 0 Å². The highest BCUT2D eigenvalue weighted by molar-refractivity contribution is 5.14. The third-order valence-electron chi connectivity index (χ3n) is 3.86. The van der Waals surface area contributed by atoms with Crippen LogP contribution in [0.1, 0.15) is 44.6 Å². The molecule has 1 N–H and O–H groups in total. The Balaban J connectivity index is 1.72. The molecule has 1 fully saturated rings. The maximum atomic E-state index is 3.68. The zero-order chi connectivity index (χ0) is 11.2. The van der Waals surface area contributed by atoms with Gasteiger partial charge in [0.15, 0.2) is 0 Å². The van der Waals surface area contributed by atoms with Crippen molar-refractivity contribution in [1.82, 2.24) is 5.32 Å². The van der Waals surface area contributed by atoms with Crippen molar-refractivity contribution < 1.29 is 0 Å². The van der Waals surface area contributed by atoms with E-state index in [1.165, 1.54) is 37.7 Å². The van der Waals surface area contributed by atoms with Crippen LogP contribution in [-0.4, -0.2) is 6.04 Å². The molecule has 1 nitrogen and oxygen atoms in total. The van der Waals surface area contributed by atoms with E-state index < -0.39 is 0 Å². The Kier molecular flexibility index (Phi) is 4.41. The first-order valence-corrected chi connectivity index (χ1v) is 6.65. The summed E-state index contributed by atoms with van der Waals surface area (Å²) in [4.78, 5) is 0. The minimum Gasteiger partial charge on any atom is -0.310 e.